The predicted molar refractivity (Wildman–Crippen MR) is 106 cm³/mol. The number of nitrogens with one attached hydrogen (secondary N) is 2. The minimum absolute atomic E-state index is 0.210. The van der Waals surface area contributed by atoms with E-state index in [0.29, 0.717) is 11.3 Å². The lowest BCUT2D eigenvalue weighted by molar-refractivity contribution is 0.0844. The van der Waals surface area contributed by atoms with Crippen molar-refractivity contribution in [2.75, 3.05) is 0 Å². The first-order valence-electron chi connectivity index (χ1n) is 8.43. The minimum Gasteiger partial charge on any atom is -0.267 e. The zero-order valence-electron chi connectivity index (χ0n) is 14.6. The van der Waals surface area contributed by atoms with Crippen molar-refractivity contribution in [3.63, 3.8) is 0 Å². The summed E-state index contributed by atoms with van der Waals surface area (Å²) in [5.41, 5.74) is 6.76. The molecule has 0 atom stereocenters. The van der Waals surface area contributed by atoms with Crippen molar-refractivity contribution >= 4 is 23.2 Å². The summed E-state index contributed by atoms with van der Waals surface area (Å²) < 4.78 is 1.64. The fourth-order valence-corrected chi connectivity index (χ4v) is 3.31. The van der Waals surface area contributed by atoms with Crippen LogP contribution in [0.1, 0.15) is 20.8 Å². The first-order valence-corrected chi connectivity index (χ1v) is 9.31. The van der Waals surface area contributed by atoms with Gasteiger partial charge >= 0.3 is 0 Å². The Labute approximate surface area is 164 Å². The van der Waals surface area contributed by atoms with E-state index >= 15 is 0 Å². The van der Waals surface area contributed by atoms with Gasteiger partial charge in [0.25, 0.3) is 11.8 Å². The van der Waals surface area contributed by atoms with Crippen LogP contribution in [0.5, 0.6) is 0 Å². The smallest absolute Gasteiger partial charge is 0.267 e. The molecule has 0 saturated heterocycles. The van der Waals surface area contributed by atoms with Crippen molar-refractivity contribution in [1.29, 1.82) is 0 Å². The van der Waals surface area contributed by atoms with Crippen LogP contribution in [0.4, 0.5) is 0 Å². The number of carbonyl (C=O) groups excluding carboxylic acids is 2. The Kier molecular flexibility index (Phi) is 4.94. The van der Waals surface area contributed by atoms with Crippen molar-refractivity contribution < 1.29 is 9.59 Å². The van der Waals surface area contributed by atoms with E-state index in [1.807, 2.05) is 47.8 Å². The number of rotatable bonds is 4. The summed E-state index contributed by atoms with van der Waals surface area (Å²) in [5.74, 6) is -0.961. The number of thiophene rings is 1. The van der Waals surface area contributed by atoms with Gasteiger partial charge in [0.05, 0.1) is 16.1 Å². The lowest BCUT2D eigenvalue weighted by atomic mass is 10.2. The van der Waals surface area contributed by atoms with Gasteiger partial charge in [0.15, 0.2) is 0 Å². The van der Waals surface area contributed by atoms with Crippen LogP contribution < -0.4 is 10.9 Å². The number of hydrogen-bond acceptors (Lipinski definition) is 5. The van der Waals surface area contributed by atoms with E-state index in [1.165, 1.54) is 17.5 Å². The van der Waals surface area contributed by atoms with Crippen molar-refractivity contribution in [3.05, 3.63) is 89.7 Å². The number of carbonyl (C=O) groups is 2. The van der Waals surface area contributed by atoms with Gasteiger partial charge in [-0.15, -0.1) is 11.3 Å². The first kappa shape index (κ1) is 17.6. The normalized spacial score (nSPS) is 10.4. The van der Waals surface area contributed by atoms with E-state index < -0.39 is 11.8 Å². The maximum Gasteiger partial charge on any atom is 0.288 e. The summed E-state index contributed by atoms with van der Waals surface area (Å²) in [6.45, 7) is 0. The quantitative estimate of drug-likeness (QED) is 0.525. The zero-order valence-corrected chi connectivity index (χ0v) is 15.4. The van der Waals surface area contributed by atoms with E-state index in [4.69, 9.17) is 0 Å². The van der Waals surface area contributed by atoms with Gasteiger partial charge in [0.1, 0.15) is 11.4 Å². The summed E-state index contributed by atoms with van der Waals surface area (Å²) >= 11 is 1.48. The molecule has 0 radical (unpaired) electrons. The third-order valence-electron chi connectivity index (χ3n) is 3.92. The van der Waals surface area contributed by atoms with Crippen LogP contribution in [-0.2, 0) is 0 Å². The number of para-hydroxylation sites is 1. The minimum atomic E-state index is -0.498. The summed E-state index contributed by atoms with van der Waals surface area (Å²) in [6, 6.07) is 18.3. The molecule has 1 aromatic carbocycles. The molecule has 7 nitrogen and oxygen atoms in total. The zero-order chi connectivity index (χ0) is 19.3. The van der Waals surface area contributed by atoms with Crippen molar-refractivity contribution in [2.24, 2.45) is 0 Å². The van der Waals surface area contributed by atoms with Crippen LogP contribution in [0.2, 0.25) is 0 Å². The molecule has 0 saturated carbocycles. The molecule has 138 valence electrons. The van der Waals surface area contributed by atoms with Gasteiger partial charge in [-0.05, 0) is 35.7 Å². The molecule has 28 heavy (non-hydrogen) atoms. The largest absolute Gasteiger partial charge is 0.288 e. The topological polar surface area (TPSA) is 88.9 Å². The highest BCUT2D eigenvalue weighted by atomic mass is 32.1. The molecule has 8 heteroatoms. The molecule has 0 aliphatic heterocycles. The molecule has 0 spiro atoms. The van der Waals surface area contributed by atoms with Crippen LogP contribution in [0.15, 0.2) is 78.4 Å². The number of amides is 2. The summed E-state index contributed by atoms with van der Waals surface area (Å²) in [4.78, 5) is 29.7. The van der Waals surface area contributed by atoms with Crippen LogP contribution in [-0.4, -0.2) is 26.6 Å². The molecule has 2 amide bonds. The van der Waals surface area contributed by atoms with Crippen molar-refractivity contribution in [1.82, 2.24) is 25.6 Å². The predicted octanol–water partition coefficient (Wildman–Crippen LogP) is 3.07. The Balaban J connectivity index is 1.60. The van der Waals surface area contributed by atoms with E-state index in [1.54, 1.807) is 29.1 Å². The summed E-state index contributed by atoms with van der Waals surface area (Å²) in [5, 5.41) is 6.49. The van der Waals surface area contributed by atoms with Crippen LogP contribution >= 0.6 is 11.3 Å². The fraction of sp³-hybridized carbons (Fsp3) is 0. The Morgan fingerprint density at radius 1 is 0.893 bits per heavy atom. The average Bonchev–Trinajstić information content (AvgIpc) is 3.43. The molecular formula is C20H15N5O2S. The lowest BCUT2D eigenvalue weighted by Gasteiger charge is -2.06. The maximum atomic E-state index is 12.7. The van der Waals surface area contributed by atoms with Crippen LogP contribution in [0.25, 0.3) is 16.3 Å². The van der Waals surface area contributed by atoms with E-state index in [2.05, 4.69) is 20.9 Å². The number of hydrazine groups is 1. The monoisotopic (exact) mass is 389 g/mol. The molecule has 3 aromatic heterocycles. The molecule has 4 rings (SSSR count). The standard InChI is InChI=1S/C20H15N5O2S/c26-19(22-23-20(27)16-9-4-5-11-21-16)15-13-25(14-7-2-1-3-8-14)24-18(15)17-10-6-12-28-17/h1-13H,(H,22,26)(H,23,27). The first-order chi connectivity index (χ1) is 13.7. The number of nitrogens with zero attached hydrogens (tertiary/aromatic N) is 3. The Morgan fingerprint density at radius 2 is 1.68 bits per heavy atom. The van der Waals surface area contributed by atoms with Gasteiger partial charge in [0.2, 0.25) is 0 Å². The second kappa shape index (κ2) is 7.85. The molecule has 4 aromatic rings. The van der Waals surface area contributed by atoms with Gasteiger partial charge < -0.3 is 0 Å². The molecular weight excluding hydrogens is 374 g/mol. The van der Waals surface area contributed by atoms with Crippen LogP contribution in [0, 0.1) is 0 Å². The van der Waals surface area contributed by atoms with Gasteiger partial charge in [-0.1, -0.05) is 30.3 Å². The highest BCUT2D eigenvalue weighted by molar-refractivity contribution is 7.13. The molecule has 0 fully saturated rings. The highest BCUT2D eigenvalue weighted by Crippen LogP contribution is 2.27. The third kappa shape index (κ3) is 3.67. The van der Waals surface area contributed by atoms with Gasteiger partial charge in [-0.25, -0.2) is 4.68 Å². The summed E-state index contributed by atoms with van der Waals surface area (Å²) in [7, 11) is 0. The average molecular weight is 389 g/mol. The molecule has 0 aliphatic carbocycles. The molecule has 0 bridgehead atoms. The van der Waals surface area contributed by atoms with Gasteiger partial charge in [-0.3, -0.25) is 25.4 Å². The van der Waals surface area contributed by atoms with Crippen molar-refractivity contribution in [2.45, 2.75) is 0 Å². The Bertz CT molecular complexity index is 1090. The van der Waals surface area contributed by atoms with Crippen molar-refractivity contribution in [3.8, 4) is 16.3 Å². The number of aromatic nitrogens is 3. The van der Waals surface area contributed by atoms with E-state index in [0.717, 1.165) is 10.6 Å². The third-order valence-corrected chi connectivity index (χ3v) is 4.80. The molecule has 0 aliphatic rings. The molecule has 3 heterocycles. The molecule has 0 unspecified atom stereocenters. The Hall–Kier alpha value is -3.78. The van der Waals surface area contributed by atoms with Crippen LogP contribution in [0.3, 0.4) is 0 Å². The summed E-state index contributed by atoms with van der Waals surface area (Å²) in [6.07, 6.45) is 3.15. The maximum absolute atomic E-state index is 12.7. The SMILES string of the molecule is O=C(NNC(=O)c1cn(-c2ccccc2)nc1-c1cccs1)c1ccccn1. The van der Waals surface area contributed by atoms with Gasteiger partial charge in [0, 0.05) is 12.4 Å². The Morgan fingerprint density at radius 3 is 2.39 bits per heavy atom. The second-order valence-corrected chi connectivity index (χ2v) is 6.72. The number of pyridine rings is 1. The fourth-order valence-electron chi connectivity index (χ4n) is 2.59. The highest BCUT2D eigenvalue weighted by Gasteiger charge is 2.20. The van der Waals surface area contributed by atoms with Gasteiger partial charge in [-0.2, -0.15) is 5.10 Å². The van der Waals surface area contributed by atoms with E-state index in [9.17, 15) is 9.59 Å². The number of benzene rings is 1. The second-order valence-electron chi connectivity index (χ2n) is 5.77. The lowest BCUT2D eigenvalue weighted by Crippen LogP contribution is -2.42. The molecule has 2 N–H and O–H groups in total. The number of hydrogen-bond donors (Lipinski definition) is 2. The van der Waals surface area contributed by atoms with E-state index in [-0.39, 0.29) is 5.69 Å².